The maximum atomic E-state index is 3.35. The minimum Gasteiger partial charge on any atom is -0.374 e. The Morgan fingerprint density at radius 2 is 1.94 bits per heavy atom. The lowest BCUT2D eigenvalue weighted by atomic mass is 10.2. The van der Waals surface area contributed by atoms with Gasteiger partial charge in [0, 0.05) is 25.8 Å². The second kappa shape index (κ2) is 5.54. The molecule has 0 heterocycles. The summed E-state index contributed by atoms with van der Waals surface area (Å²) >= 11 is 0. The van der Waals surface area contributed by atoms with Crippen LogP contribution in [-0.4, -0.2) is 20.1 Å². The van der Waals surface area contributed by atoms with E-state index in [0.717, 1.165) is 24.9 Å². The number of rotatable bonds is 6. The first-order chi connectivity index (χ1) is 8.20. The minimum atomic E-state index is 0.918. The normalized spacial score (nSPS) is 22.5. The first-order valence-corrected chi connectivity index (χ1v) is 6.71. The molecule has 2 unspecified atom stereocenters. The molecule has 1 aromatic rings. The summed E-state index contributed by atoms with van der Waals surface area (Å²) in [5.41, 5.74) is 2.70. The molecule has 94 valence electrons. The van der Waals surface area contributed by atoms with Gasteiger partial charge in [-0.05, 0) is 42.5 Å². The Balaban J connectivity index is 1.87. The van der Waals surface area contributed by atoms with E-state index < -0.39 is 0 Å². The third kappa shape index (κ3) is 3.47. The zero-order valence-electron chi connectivity index (χ0n) is 11.2. The molecule has 2 atom stereocenters. The number of nitrogens with zero attached hydrogens (tertiary/aromatic N) is 1. The zero-order valence-corrected chi connectivity index (χ0v) is 11.2. The van der Waals surface area contributed by atoms with E-state index >= 15 is 0 Å². The van der Waals surface area contributed by atoms with E-state index in [4.69, 9.17) is 0 Å². The van der Waals surface area contributed by atoms with Crippen LogP contribution in [0.15, 0.2) is 24.3 Å². The highest BCUT2D eigenvalue weighted by molar-refractivity contribution is 5.47. The Labute approximate surface area is 105 Å². The molecule has 0 aliphatic heterocycles. The van der Waals surface area contributed by atoms with Crippen LogP contribution in [0, 0.1) is 11.8 Å². The summed E-state index contributed by atoms with van der Waals surface area (Å²) in [4.78, 5) is 2.38. The molecule has 0 spiro atoms. The average molecular weight is 232 g/mol. The van der Waals surface area contributed by atoms with Crippen molar-refractivity contribution in [2.24, 2.45) is 11.8 Å². The van der Waals surface area contributed by atoms with Crippen LogP contribution in [0.25, 0.3) is 0 Å². The van der Waals surface area contributed by atoms with Crippen LogP contribution in [0.4, 0.5) is 5.69 Å². The fourth-order valence-electron chi connectivity index (χ4n) is 2.25. The second-order valence-corrected chi connectivity index (χ2v) is 5.30. The molecule has 1 aliphatic carbocycles. The van der Waals surface area contributed by atoms with Gasteiger partial charge in [0.1, 0.15) is 0 Å². The van der Waals surface area contributed by atoms with Crippen molar-refractivity contribution in [2.75, 3.05) is 25.0 Å². The monoisotopic (exact) mass is 232 g/mol. The van der Waals surface area contributed by atoms with Crippen molar-refractivity contribution in [1.29, 1.82) is 0 Å². The molecule has 1 N–H and O–H groups in total. The highest BCUT2D eigenvalue weighted by Gasteiger charge is 2.33. The van der Waals surface area contributed by atoms with Crippen LogP contribution in [0.2, 0.25) is 0 Å². The Hall–Kier alpha value is -1.02. The van der Waals surface area contributed by atoms with Gasteiger partial charge in [-0.15, -0.1) is 0 Å². The van der Waals surface area contributed by atoms with Crippen LogP contribution in [0.3, 0.4) is 0 Å². The van der Waals surface area contributed by atoms with Crippen molar-refractivity contribution >= 4 is 5.69 Å². The molecular weight excluding hydrogens is 208 g/mol. The van der Waals surface area contributed by atoms with Crippen molar-refractivity contribution < 1.29 is 0 Å². The molecule has 0 bridgehead atoms. The molecule has 1 aromatic carbocycles. The molecule has 17 heavy (non-hydrogen) atoms. The second-order valence-electron chi connectivity index (χ2n) is 5.30. The molecule has 2 heteroatoms. The number of nitrogens with one attached hydrogen (secondary N) is 1. The van der Waals surface area contributed by atoms with Gasteiger partial charge in [-0.1, -0.05) is 26.0 Å². The molecule has 2 rings (SSSR count). The minimum absolute atomic E-state index is 0.918. The molecule has 1 saturated carbocycles. The summed E-state index contributed by atoms with van der Waals surface area (Å²) in [6.45, 7) is 7.69. The highest BCUT2D eigenvalue weighted by atomic mass is 15.1. The van der Waals surface area contributed by atoms with E-state index in [9.17, 15) is 0 Å². The van der Waals surface area contributed by atoms with E-state index in [1.165, 1.54) is 24.2 Å². The predicted octanol–water partition coefficient (Wildman–Crippen LogP) is 2.89. The lowest BCUT2D eigenvalue weighted by Gasteiger charge is -2.19. The summed E-state index contributed by atoms with van der Waals surface area (Å²) < 4.78 is 0. The van der Waals surface area contributed by atoms with Crippen LogP contribution >= 0.6 is 0 Å². The number of hydrogen-bond donors (Lipinski definition) is 1. The number of anilines is 1. The molecule has 1 aliphatic rings. The van der Waals surface area contributed by atoms with E-state index in [1.807, 2.05) is 0 Å². The van der Waals surface area contributed by atoms with Crippen molar-refractivity contribution in [3.8, 4) is 0 Å². The van der Waals surface area contributed by atoms with Gasteiger partial charge in [0.2, 0.25) is 0 Å². The van der Waals surface area contributed by atoms with E-state index in [-0.39, 0.29) is 0 Å². The standard InChI is InChI=1S/C15H24N2/c1-4-16-10-13-5-7-15(8-6-13)17(3)11-14-9-12(14)2/h5-8,12,14,16H,4,9-11H2,1-3H3. The molecule has 0 aromatic heterocycles. The van der Waals surface area contributed by atoms with Crippen molar-refractivity contribution in [2.45, 2.75) is 26.8 Å². The van der Waals surface area contributed by atoms with Crippen LogP contribution < -0.4 is 10.2 Å². The fraction of sp³-hybridized carbons (Fsp3) is 0.600. The Bertz CT molecular complexity index is 344. The summed E-state index contributed by atoms with van der Waals surface area (Å²) in [5, 5.41) is 3.35. The maximum absolute atomic E-state index is 3.35. The highest BCUT2D eigenvalue weighted by Crippen LogP contribution is 2.38. The summed E-state index contributed by atoms with van der Waals surface area (Å²) in [5.74, 6) is 1.85. The van der Waals surface area contributed by atoms with Crippen LogP contribution in [-0.2, 0) is 6.54 Å². The van der Waals surface area contributed by atoms with Gasteiger partial charge in [-0.25, -0.2) is 0 Å². The first kappa shape index (κ1) is 12.4. The molecule has 0 radical (unpaired) electrons. The van der Waals surface area contributed by atoms with Gasteiger partial charge in [0.25, 0.3) is 0 Å². The number of benzene rings is 1. The third-order valence-corrected chi connectivity index (χ3v) is 3.74. The average Bonchev–Trinajstić information content (AvgIpc) is 3.03. The van der Waals surface area contributed by atoms with E-state index in [2.05, 4.69) is 55.4 Å². The predicted molar refractivity (Wildman–Crippen MR) is 74.4 cm³/mol. The van der Waals surface area contributed by atoms with E-state index in [1.54, 1.807) is 0 Å². The number of hydrogen-bond acceptors (Lipinski definition) is 2. The topological polar surface area (TPSA) is 15.3 Å². The third-order valence-electron chi connectivity index (χ3n) is 3.74. The Kier molecular flexibility index (Phi) is 4.06. The van der Waals surface area contributed by atoms with Gasteiger partial charge < -0.3 is 10.2 Å². The molecule has 0 amide bonds. The lowest BCUT2D eigenvalue weighted by molar-refractivity contribution is 0.721. The Morgan fingerprint density at radius 3 is 2.47 bits per heavy atom. The largest absolute Gasteiger partial charge is 0.374 e. The van der Waals surface area contributed by atoms with Crippen molar-refractivity contribution in [3.05, 3.63) is 29.8 Å². The summed E-state index contributed by atoms with van der Waals surface area (Å²) in [6, 6.07) is 8.93. The quantitative estimate of drug-likeness (QED) is 0.811. The van der Waals surface area contributed by atoms with Gasteiger partial charge in [0.05, 0.1) is 0 Å². The van der Waals surface area contributed by atoms with Gasteiger partial charge >= 0.3 is 0 Å². The smallest absolute Gasteiger partial charge is 0.0363 e. The summed E-state index contributed by atoms with van der Waals surface area (Å²) in [6.07, 6.45) is 1.41. The zero-order chi connectivity index (χ0) is 12.3. The van der Waals surface area contributed by atoms with Crippen LogP contribution in [0.5, 0.6) is 0 Å². The van der Waals surface area contributed by atoms with Gasteiger partial charge in [0.15, 0.2) is 0 Å². The first-order valence-electron chi connectivity index (χ1n) is 6.71. The molecular formula is C15H24N2. The lowest BCUT2D eigenvalue weighted by Crippen LogP contribution is -2.20. The molecule has 2 nitrogen and oxygen atoms in total. The van der Waals surface area contributed by atoms with Crippen molar-refractivity contribution in [3.63, 3.8) is 0 Å². The fourth-order valence-corrected chi connectivity index (χ4v) is 2.25. The van der Waals surface area contributed by atoms with Gasteiger partial charge in [-0.2, -0.15) is 0 Å². The molecule has 0 saturated heterocycles. The van der Waals surface area contributed by atoms with Crippen LogP contribution in [0.1, 0.15) is 25.8 Å². The van der Waals surface area contributed by atoms with E-state index in [0.29, 0.717) is 0 Å². The van der Waals surface area contributed by atoms with Crippen molar-refractivity contribution in [1.82, 2.24) is 5.32 Å². The summed E-state index contributed by atoms with van der Waals surface area (Å²) in [7, 11) is 2.20. The maximum Gasteiger partial charge on any atom is 0.0363 e. The van der Waals surface area contributed by atoms with Gasteiger partial charge in [-0.3, -0.25) is 0 Å². The Morgan fingerprint density at radius 1 is 1.29 bits per heavy atom. The SMILES string of the molecule is CCNCc1ccc(N(C)CC2CC2C)cc1. The molecule has 1 fully saturated rings.